The van der Waals surface area contributed by atoms with Crippen LogP contribution in [0.5, 0.6) is 11.5 Å². The van der Waals surface area contributed by atoms with Crippen molar-refractivity contribution in [2.45, 2.75) is 31.9 Å². The molecule has 1 atom stereocenters. The molecule has 0 saturated carbocycles. The van der Waals surface area contributed by atoms with E-state index in [9.17, 15) is 5.11 Å². The van der Waals surface area contributed by atoms with E-state index in [0.29, 0.717) is 6.54 Å². The van der Waals surface area contributed by atoms with Gasteiger partial charge in [0, 0.05) is 12.1 Å². The Balaban J connectivity index is 1.76. The number of para-hydroxylation sites is 1. The fourth-order valence-electron chi connectivity index (χ4n) is 2.48. The van der Waals surface area contributed by atoms with Gasteiger partial charge in [0.2, 0.25) is 0 Å². The second-order valence-corrected chi connectivity index (χ2v) is 6.57. The van der Waals surface area contributed by atoms with Gasteiger partial charge < -0.3 is 19.9 Å². The van der Waals surface area contributed by atoms with Gasteiger partial charge in [-0.1, -0.05) is 30.3 Å². The molecule has 0 aliphatic carbocycles. The SMILES string of the molecule is COc1ccc(CC(C)(C)NC[C@H](O)COc2ccccc2)cc1. The Morgan fingerprint density at radius 2 is 1.67 bits per heavy atom. The first-order valence-corrected chi connectivity index (χ1v) is 8.22. The molecule has 0 aliphatic rings. The first-order valence-electron chi connectivity index (χ1n) is 8.22. The van der Waals surface area contributed by atoms with Crippen molar-refractivity contribution in [3.8, 4) is 11.5 Å². The molecule has 4 nitrogen and oxygen atoms in total. The molecular formula is C20H27NO3. The predicted octanol–water partition coefficient (Wildman–Crippen LogP) is 3.05. The summed E-state index contributed by atoms with van der Waals surface area (Å²) in [5, 5.41) is 13.5. The maximum Gasteiger partial charge on any atom is 0.119 e. The molecule has 0 heterocycles. The molecule has 130 valence electrons. The lowest BCUT2D eigenvalue weighted by molar-refractivity contribution is 0.0988. The van der Waals surface area contributed by atoms with Gasteiger partial charge in [0.1, 0.15) is 24.2 Å². The summed E-state index contributed by atoms with van der Waals surface area (Å²) in [4.78, 5) is 0. The molecule has 2 N–H and O–H groups in total. The van der Waals surface area contributed by atoms with Gasteiger partial charge in [-0.25, -0.2) is 0 Å². The summed E-state index contributed by atoms with van der Waals surface area (Å²) in [5.74, 6) is 1.63. The van der Waals surface area contributed by atoms with Crippen LogP contribution in [0.3, 0.4) is 0 Å². The summed E-state index contributed by atoms with van der Waals surface area (Å²) in [6.07, 6.45) is 0.309. The number of β-amino-alcohol motifs (C(OH)–C–C–N with tert-alkyl or cyclic N) is 1. The predicted molar refractivity (Wildman–Crippen MR) is 96.7 cm³/mol. The normalized spacial score (nSPS) is 12.7. The van der Waals surface area contributed by atoms with Crippen LogP contribution in [0.25, 0.3) is 0 Å². The average Bonchev–Trinajstić information content (AvgIpc) is 2.59. The van der Waals surface area contributed by atoms with Gasteiger partial charge in [-0.2, -0.15) is 0 Å². The van der Waals surface area contributed by atoms with Crippen LogP contribution in [0.4, 0.5) is 0 Å². The minimum absolute atomic E-state index is 0.123. The zero-order chi connectivity index (χ0) is 17.4. The minimum Gasteiger partial charge on any atom is -0.497 e. The lowest BCUT2D eigenvalue weighted by Gasteiger charge is -2.28. The second-order valence-electron chi connectivity index (χ2n) is 6.57. The number of aliphatic hydroxyl groups is 1. The van der Waals surface area contributed by atoms with Gasteiger partial charge in [0.15, 0.2) is 0 Å². The molecule has 0 bridgehead atoms. The van der Waals surface area contributed by atoms with E-state index in [1.807, 2.05) is 42.5 Å². The number of hydrogen-bond donors (Lipinski definition) is 2. The maximum absolute atomic E-state index is 10.1. The van der Waals surface area contributed by atoms with Gasteiger partial charge in [-0.15, -0.1) is 0 Å². The van der Waals surface area contributed by atoms with E-state index in [-0.39, 0.29) is 12.1 Å². The number of hydrogen-bond acceptors (Lipinski definition) is 4. The largest absolute Gasteiger partial charge is 0.497 e. The first kappa shape index (κ1) is 18.3. The zero-order valence-electron chi connectivity index (χ0n) is 14.7. The summed E-state index contributed by atoms with van der Waals surface area (Å²) in [6.45, 7) is 5.01. The van der Waals surface area contributed by atoms with Crippen LogP contribution in [-0.2, 0) is 6.42 Å². The number of methoxy groups -OCH3 is 1. The number of rotatable bonds is 9. The Kier molecular flexibility index (Phi) is 6.64. The van der Waals surface area contributed by atoms with Crippen molar-refractivity contribution in [3.05, 3.63) is 60.2 Å². The Hall–Kier alpha value is -2.04. The molecule has 0 amide bonds. The minimum atomic E-state index is -0.555. The Labute approximate surface area is 144 Å². The van der Waals surface area contributed by atoms with Crippen molar-refractivity contribution in [2.75, 3.05) is 20.3 Å². The topological polar surface area (TPSA) is 50.7 Å². The Morgan fingerprint density at radius 1 is 1.00 bits per heavy atom. The van der Waals surface area contributed by atoms with Gasteiger partial charge in [-0.3, -0.25) is 0 Å². The van der Waals surface area contributed by atoms with Gasteiger partial charge >= 0.3 is 0 Å². The quantitative estimate of drug-likeness (QED) is 0.742. The molecule has 0 radical (unpaired) electrons. The summed E-state index contributed by atoms with van der Waals surface area (Å²) < 4.78 is 10.8. The van der Waals surface area contributed by atoms with Crippen LogP contribution in [0.15, 0.2) is 54.6 Å². The fraction of sp³-hybridized carbons (Fsp3) is 0.400. The van der Waals surface area contributed by atoms with E-state index in [0.717, 1.165) is 17.9 Å². The van der Waals surface area contributed by atoms with Crippen LogP contribution in [0, 0.1) is 0 Å². The maximum atomic E-state index is 10.1. The van der Waals surface area contributed by atoms with Crippen LogP contribution >= 0.6 is 0 Å². The molecular weight excluding hydrogens is 302 g/mol. The van der Waals surface area contributed by atoms with Crippen LogP contribution in [0.2, 0.25) is 0 Å². The molecule has 2 aromatic rings. The molecule has 24 heavy (non-hydrogen) atoms. The smallest absolute Gasteiger partial charge is 0.119 e. The van der Waals surface area contributed by atoms with Crippen molar-refractivity contribution in [2.24, 2.45) is 0 Å². The Bertz CT molecular complexity index is 596. The molecule has 0 fully saturated rings. The third kappa shape index (κ3) is 6.22. The van der Waals surface area contributed by atoms with E-state index in [1.165, 1.54) is 5.56 Å². The molecule has 2 aromatic carbocycles. The lowest BCUT2D eigenvalue weighted by atomic mass is 9.94. The monoisotopic (exact) mass is 329 g/mol. The highest BCUT2D eigenvalue weighted by Gasteiger charge is 2.19. The zero-order valence-corrected chi connectivity index (χ0v) is 14.7. The first-order chi connectivity index (χ1) is 11.5. The Morgan fingerprint density at radius 3 is 2.29 bits per heavy atom. The lowest BCUT2D eigenvalue weighted by Crippen LogP contribution is -2.46. The standard InChI is InChI=1S/C20H27NO3/c1-20(2,13-16-9-11-18(23-3)12-10-16)21-14-17(22)15-24-19-7-5-4-6-8-19/h4-12,17,21-22H,13-15H2,1-3H3/t17-/m0/s1. The summed E-state index contributed by atoms with van der Waals surface area (Å²) in [5.41, 5.74) is 1.10. The molecule has 0 aromatic heterocycles. The van der Waals surface area contributed by atoms with E-state index in [2.05, 4.69) is 31.3 Å². The van der Waals surface area contributed by atoms with E-state index in [1.54, 1.807) is 7.11 Å². The molecule has 4 heteroatoms. The second kappa shape index (κ2) is 8.71. The fourth-order valence-corrected chi connectivity index (χ4v) is 2.48. The molecule has 2 rings (SSSR count). The third-order valence-corrected chi connectivity index (χ3v) is 3.81. The number of ether oxygens (including phenoxy) is 2. The van der Waals surface area contributed by atoms with Crippen molar-refractivity contribution in [3.63, 3.8) is 0 Å². The summed E-state index contributed by atoms with van der Waals surface area (Å²) in [7, 11) is 1.67. The summed E-state index contributed by atoms with van der Waals surface area (Å²) in [6, 6.07) is 17.6. The highest BCUT2D eigenvalue weighted by atomic mass is 16.5. The van der Waals surface area contributed by atoms with Crippen molar-refractivity contribution >= 4 is 0 Å². The molecule has 0 unspecified atom stereocenters. The van der Waals surface area contributed by atoms with Crippen LogP contribution < -0.4 is 14.8 Å². The number of nitrogens with one attached hydrogen (secondary N) is 1. The highest BCUT2D eigenvalue weighted by molar-refractivity contribution is 5.28. The van der Waals surface area contributed by atoms with Crippen molar-refractivity contribution < 1.29 is 14.6 Å². The third-order valence-electron chi connectivity index (χ3n) is 3.81. The number of aliphatic hydroxyl groups excluding tert-OH is 1. The van der Waals surface area contributed by atoms with E-state index >= 15 is 0 Å². The molecule has 0 spiro atoms. The average molecular weight is 329 g/mol. The van der Waals surface area contributed by atoms with Crippen LogP contribution in [0.1, 0.15) is 19.4 Å². The van der Waals surface area contributed by atoms with Crippen LogP contribution in [-0.4, -0.2) is 37.0 Å². The van der Waals surface area contributed by atoms with Gasteiger partial charge in [0.05, 0.1) is 7.11 Å². The van der Waals surface area contributed by atoms with Gasteiger partial charge in [0.25, 0.3) is 0 Å². The number of benzene rings is 2. The summed E-state index contributed by atoms with van der Waals surface area (Å²) >= 11 is 0. The highest BCUT2D eigenvalue weighted by Crippen LogP contribution is 2.17. The van der Waals surface area contributed by atoms with E-state index < -0.39 is 6.10 Å². The van der Waals surface area contributed by atoms with E-state index in [4.69, 9.17) is 9.47 Å². The van der Waals surface area contributed by atoms with Gasteiger partial charge in [-0.05, 0) is 50.1 Å². The van der Waals surface area contributed by atoms with Crippen molar-refractivity contribution in [1.29, 1.82) is 0 Å². The molecule has 0 aliphatic heterocycles. The molecule has 0 saturated heterocycles. The van der Waals surface area contributed by atoms with Crippen molar-refractivity contribution in [1.82, 2.24) is 5.32 Å².